The van der Waals surface area contributed by atoms with E-state index in [0.29, 0.717) is 31.6 Å². The van der Waals surface area contributed by atoms with E-state index in [-0.39, 0.29) is 30.3 Å². The maximum atomic E-state index is 12.6. The lowest BCUT2D eigenvalue weighted by atomic mass is 9.72. The van der Waals surface area contributed by atoms with Gasteiger partial charge in [0.05, 0.1) is 6.10 Å². The summed E-state index contributed by atoms with van der Waals surface area (Å²) in [6.45, 7) is 4.12. The van der Waals surface area contributed by atoms with Crippen molar-refractivity contribution in [2.75, 3.05) is 26.2 Å². The first-order chi connectivity index (χ1) is 11.4. The number of nitrogens with one attached hydrogen (secondary N) is 2. The number of nitrogens with zero attached hydrogens (tertiary/aromatic N) is 2. The molecule has 2 fully saturated rings. The molecule has 1 aromatic heterocycles. The second kappa shape index (κ2) is 7.72. The number of aryl methyl sites for hydroxylation is 1. The largest absolute Gasteiger partial charge is 0.392 e. The summed E-state index contributed by atoms with van der Waals surface area (Å²) in [4.78, 5) is 39.8. The molecule has 2 saturated heterocycles. The van der Waals surface area contributed by atoms with Crippen molar-refractivity contribution >= 4 is 18.3 Å². The highest BCUT2D eigenvalue weighted by Crippen LogP contribution is 2.36. The minimum absolute atomic E-state index is 0. The summed E-state index contributed by atoms with van der Waals surface area (Å²) in [7, 11) is 0. The molecule has 25 heavy (non-hydrogen) atoms. The number of hydrogen-bond acceptors (Lipinski definition) is 5. The molecule has 0 radical (unpaired) electrons. The number of aliphatic hydroxyl groups excluding tert-OH is 1. The van der Waals surface area contributed by atoms with Crippen LogP contribution in [0.1, 0.15) is 24.8 Å². The lowest BCUT2D eigenvalue weighted by molar-refractivity contribution is -0.139. The van der Waals surface area contributed by atoms with Crippen molar-refractivity contribution in [3.05, 3.63) is 32.6 Å². The van der Waals surface area contributed by atoms with Gasteiger partial charge >= 0.3 is 5.69 Å². The molecule has 1 spiro atoms. The molecule has 1 aromatic rings. The number of hydrogen-bond donors (Lipinski definition) is 3. The van der Waals surface area contributed by atoms with Crippen LogP contribution in [0.5, 0.6) is 0 Å². The Morgan fingerprint density at radius 3 is 2.92 bits per heavy atom. The molecule has 140 valence electrons. The molecule has 0 saturated carbocycles. The highest BCUT2D eigenvalue weighted by molar-refractivity contribution is 5.85. The molecule has 0 aliphatic carbocycles. The van der Waals surface area contributed by atoms with E-state index in [9.17, 15) is 19.5 Å². The van der Waals surface area contributed by atoms with Crippen molar-refractivity contribution in [2.24, 2.45) is 5.41 Å². The molecule has 0 bridgehead atoms. The van der Waals surface area contributed by atoms with Gasteiger partial charge in [-0.2, -0.15) is 0 Å². The van der Waals surface area contributed by atoms with Crippen LogP contribution in [0.25, 0.3) is 0 Å². The van der Waals surface area contributed by atoms with Crippen molar-refractivity contribution in [1.29, 1.82) is 0 Å². The quantitative estimate of drug-likeness (QED) is 0.632. The van der Waals surface area contributed by atoms with E-state index in [1.165, 1.54) is 10.8 Å². The molecule has 2 aliphatic heterocycles. The van der Waals surface area contributed by atoms with Gasteiger partial charge in [-0.25, -0.2) is 4.79 Å². The minimum Gasteiger partial charge on any atom is -0.392 e. The third kappa shape index (κ3) is 3.96. The Bertz CT molecular complexity index is 742. The Hall–Kier alpha value is -1.64. The number of piperidine rings is 2. The lowest BCUT2D eigenvalue weighted by Gasteiger charge is -2.48. The smallest absolute Gasteiger partial charge is 0.328 e. The Labute approximate surface area is 151 Å². The predicted octanol–water partition coefficient (Wildman–Crippen LogP) is -0.770. The van der Waals surface area contributed by atoms with Gasteiger partial charge < -0.3 is 15.3 Å². The first-order valence-electron chi connectivity index (χ1n) is 8.38. The fourth-order valence-electron chi connectivity index (χ4n) is 3.77. The zero-order chi connectivity index (χ0) is 17.3. The lowest BCUT2D eigenvalue weighted by Crippen LogP contribution is -2.59. The first-order valence-corrected chi connectivity index (χ1v) is 8.38. The molecule has 3 heterocycles. The Morgan fingerprint density at radius 1 is 1.44 bits per heavy atom. The van der Waals surface area contributed by atoms with Gasteiger partial charge in [0.25, 0.3) is 5.56 Å². The molecule has 8 nitrogen and oxygen atoms in total. The van der Waals surface area contributed by atoms with Gasteiger partial charge in [-0.15, -0.1) is 12.4 Å². The average Bonchev–Trinajstić information content (AvgIpc) is 2.56. The van der Waals surface area contributed by atoms with Gasteiger partial charge in [0.15, 0.2) is 0 Å². The van der Waals surface area contributed by atoms with Crippen LogP contribution in [-0.4, -0.2) is 57.7 Å². The molecule has 3 N–H and O–H groups in total. The van der Waals surface area contributed by atoms with Crippen LogP contribution in [0.3, 0.4) is 0 Å². The number of halogens is 1. The second-order valence-electron chi connectivity index (χ2n) is 6.96. The second-order valence-corrected chi connectivity index (χ2v) is 6.96. The summed E-state index contributed by atoms with van der Waals surface area (Å²) in [5, 5.41) is 13.7. The standard InChI is InChI=1S/C16H24N4O4.ClH/c1-11-7-20(15(24)18-14(11)23)8-13(22)19-6-2-4-16(10-19)9-17-5-3-12(16)21;/h7,12,17,21H,2-6,8-10H2,1H3,(H,18,23,24);1H/t12-,16-;/m0./s1. The molecular weight excluding hydrogens is 348 g/mol. The summed E-state index contributed by atoms with van der Waals surface area (Å²) >= 11 is 0. The van der Waals surface area contributed by atoms with Gasteiger partial charge in [-0.1, -0.05) is 0 Å². The number of likely N-dealkylation sites (tertiary alicyclic amines) is 1. The van der Waals surface area contributed by atoms with Crippen LogP contribution in [0.4, 0.5) is 0 Å². The van der Waals surface area contributed by atoms with Crippen molar-refractivity contribution in [3.63, 3.8) is 0 Å². The van der Waals surface area contributed by atoms with Crippen LogP contribution < -0.4 is 16.6 Å². The number of aromatic nitrogens is 2. The normalized spacial score (nSPS) is 26.3. The van der Waals surface area contributed by atoms with E-state index >= 15 is 0 Å². The molecule has 1 amide bonds. The number of amides is 1. The van der Waals surface area contributed by atoms with Crippen molar-refractivity contribution in [2.45, 2.75) is 38.8 Å². The van der Waals surface area contributed by atoms with E-state index in [2.05, 4.69) is 10.3 Å². The number of rotatable bonds is 2. The monoisotopic (exact) mass is 372 g/mol. The van der Waals surface area contributed by atoms with Gasteiger partial charge in [0.2, 0.25) is 5.91 Å². The van der Waals surface area contributed by atoms with Crippen LogP contribution in [0, 0.1) is 12.3 Å². The fraction of sp³-hybridized carbons (Fsp3) is 0.688. The summed E-state index contributed by atoms with van der Waals surface area (Å²) in [5.41, 5.74) is -0.913. The Kier molecular flexibility index (Phi) is 6.08. The maximum Gasteiger partial charge on any atom is 0.328 e. The molecular formula is C16H25ClN4O4. The van der Waals surface area contributed by atoms with Crippen LogP contribution in [0.2, 0.25) is 0 Å². The van der Waals surface area contributed by atoms with Crippen LogP contribution in [-0.2, 0) is 11.3 Å². The molecule has 0 aromatic carbocycles. The van der Waals surface area contributed by atoms with E-state index < -0.39 is 17.4 Å². The minimum atomic E-state index is -0.579. The molecule has 2 atom stereocenters. The number of carbonyl (C=O) groups excluding carboxylic acids is 1. The third-order valence-electron chi connectivity index (χ3n) is 5.23. The van der Waals surface area contributed by atoms with Gasteiger partial charge in [-0.3, -0.25) is 19.1 Å². The van der Waals surface area contributed by atoms with E-state index in [4.69, 9.17) is 0 Å². The van der Waals surface area contributed by atoms with Gasteiger partial charge in [0, 0.05) is 36.8 Å². The molecule has 2 aliphatic rings. The summed E-state index contributed by atoms with van der Waals surface area (Å²) < 4.78 is 1.23. The van der Waals surface area contributed by atoms with Crippen molar-refractivity contribution in [1.82, 2.24) is 19.8 Å². The number of H-pyrrole nitrogens is 1. The average molecular weight is 373 g/mol. The Morgan fingerprint density at radius 2 is 2.20 bits per heavy atom. The van der Waals surface area contributed by atoms with Gasteiger partial charge in [-0.05, 0) is 32.7 Å². The molecule has 9 heteroatoms. The first kappa shape index (κ1) is 19.7. The predicted molar refractivity (Wildman–Crippen MR) is 95.0 cm³/mol. The highest BCUT2D eigenvalue weighted by Gasteiger charge is 2.44. The summed E-state index contributed by atoms with van der Waals surface area (Å²) in [6.07, 6.45) is 3.43. The van der Waals surface area contributed by atoms with Crippen LogP contribution >= 0.6 is 12.4 Å². The molecule has 0 unspecified atom stereocenters. The summed E-state index contributed by atoms with van der Waals surface area (Å²) in [6, 6.07) is 0. The zero-order valence-electron chi connectivity index (χ0n) is 14.3. The third-order valence-corrected chi connectivity index (χ3v) is 5.23. The van der Waals surface area contributed by atoms with E-state index in [0.717, 1.165) is 19.4 Å². The number of carbonyl (C=O) groups is 1. The van der Waals surface area contributed by atoms with Crippen LogP contribution in [0.15, 0.2) is 15.8 Å². The van der Waals surface area contributed by atoms with Crippen molar-refractivity contribution in [3.8, 4) is 0 Å². The zero-order valence-corrected chi connectivity index (χ0v) is 15.1. The fourth-order valence-corrected chi connectivity index (χ4v) is 3.77. The van der Waals surface area contributed by atoms with E-state index in [1.54, 1.807) is 11.8 Å². The number of aliphatic hydroxyl groups is 1. The SMILES string of the molecule is Cc1cn(CC(=O)N2CCC[C@]3(CNCC[C@@H]3O)C2)c(=O)[nH]c1=O.Cl. The van der Waals surface area contributed by atoms with Gasteiger partial charge in [0.1, 0.15) is 6.54 Å². The molecule has 3 rings (SSSR count). The topological polar surface area (TPSA) is 107 Å². The maximum absolute atomic E-state index is 12.6. The number of aromatic amines is 1. The Balaban J connectivity index is 0.00000225. The van der Waals surface area contributed by atoms with E-state index in [1.807, 2.05) is 0 Å². The van der Waals surface area contributed by atoms with Crippen molar-refractivity contribution < 1.29 is 9.90 Å². The highest BCUT2D eigenvalue weighted by atomic mass is 35.5. The summed E-state index contributed by atoms with van der Waals surface area (Å²) in [5.74, 6) is -0.166.